The van der Waals surface area contributed by atoms with E-state index in [1.807, 2.05) is 24.3 Å². The van der Waals surface area contributed by atoms with Gasteiger partial charge >= 0.3 is 0 Å². The minimum Gasteiger partial charge on any atom is -0.396 e. The maximum absolute atomic E-state index is 11.8. The zero-order chi connectivity index (χ0) is 13.2. The number of nitrogens with one attached hydrogen (secondary N) is 1. The van der Waals surface area contributed by atoms with Crippen LogP contribution in [-0.4, -0.2) is 35.7 Å². The maximum Gasteiger partial charge on any atom is 0.251 e. The van der Waals surface area contributed by atoms with Gasteiger partial charge in [-0.25, -0.2) is 0 Å². The van der Waals surface area contributed by atoms with Crippen molar-refractivity contribution in [3.05, 3.63) is 35.4 Å². The monoisotopic (exact) mass is 267 g/mol. The number of thioether (sulfide) groups is 1. The predicted molar refractivity (Wildman–Crippen MR) is 77.2 cm³/mol. The molecule has 0 fully saturated rings. The summed E-state index contributed by atoms with van der Waals surface area (Å²) in [5.41, 5.74) is 1.96. The van der Waals surface area contributed by atoms with Crippen molar-refractivity contribution in [2.24, 2.45) is 0 Å². The Morgan fingerprint density at radius 3 is 2.61 bits per heavy atom. The summed E-state index contributed by atoms with van der Waals surface area (Å²) in [5, 5.41) is 11.5. The van der Waals surface area contributed by atoms with E-state index in [4.69, 9.17) is 5.11 Å². The number of carbonyl (C=O) groups is 1. The summed E-state index contributed by atoms with van der Waals surface area (Å²) < 4.78 is 0. The van der Waals surface area contributed by atoms with Gasteiger partial charge in [0, 0.05) is 24.5 Å². The van der Waals surface area contributed by atoms with Crippen LogP contribution in [0.15, 0.2) is 24.3 Å². The van der Waals surface area contributed by atoms with Gasteiger partial charge < -0.3 is 10.4 Å². The molecule has 0 heterocycles. The molecule has 100 valence electrons. The molecule has 0 atom stereocenters. The topological polar surface area (TPSA) is 49.3 Å². The summed E-state index contributed by atoms with van der Waals surface area (Å²) in [6.07, 6.45) is 1.81. The number of aryl methyl sites for hydroxylation is 1. The van der Waals surface area contributed by atoms with Crippen molar-refractivity contribution in [2.75, 3.05) is 24.7 Å². The average Bonchev–Trinajstić information content (AvgIpc) is 2.42. The Hall–Kier alpha value is -1.00. The Kier molecular flexibility index (Phi) is 7.53. The summed E-state index contributed by atoms with van der Waals surface area (Å²) in [4.78, 5) is 11.8. The molecule has 0 unspecified atom stereocenters. The zero-order valence-corrected chi connectivity index (χ0v) is 11.6. The first-order valence-corrected chi connectivity index (χ1v) is 7.49. The fraction of sp³-hybridized carbons (Fsp3) is 0.500. The summed E-state index contributed by atoms with van der Waals surface area (Å²) in [6.45, 7) is 3.01. The second-order valence-corrected chi connectivity index (χ2v) is 5.22. The molecule has 0 saturated carbocycles. The van der Waals surface area contributed by atoms with Gasteiger partial charge in [-0.1, -0.05) is 19.1 Å². The summed E-state index contributed by atoms with van der Waals surface area (Å²) in [7, 11) is 0. The first-order valence-electron chi connectivity index (χ1n) is 6.33. The lowest BCUT2D eigenvalue weighted by Gasteiger charge is -2.05. The molecular weight excluding hydrogens is 246 g/mol. The first-order chi connectivity index (χ1) is 8.77. The lowest BCUT2D eigenvalue weighted by molar-refractivity contribution is 0.0956. The largest absolute Gasteiger partial charge is 0.396 e. The number of rotatable bonds is 8. The van der Waals surface area contributed by atoms with E-state index in [1.54, 1.807) is 11.8 Å². The van der Waals surface area contributed by atoms with Crippen molar-refractivity contribution in [1.82, 2.24) is 5.32 Å². The molecule has 0 radical (unpaired) electrons. The molecule has 18 heavy (non-hydrogen) atoms. The Balaban J connectivity index is 2.23. The predicted octanol–water partition coefficient (Wildman–Crippen LogP) is 2.09. The second kappa shape index (κ2) is 9.00. The Bertz CT molecular complexity index is 351. The molecule has 0 saturated heterocycles. The van der Waals surface area contributed by atoms with Crippen LogP contribution in [0.1, 0.15) is 29.3 Å². The van der Waals surface area contributed by atoms with Crippen LogP contribution in [0.25, 0.3) is 0 Å². The van der Waals surface area contributed by atoms with Gasteiger partial charge in [-0.15, -0.1) is 0 Å². The first kappa shape index (κ1) is 15.1. The van der Waals surface area contributed by atoms with E-state index in [9.17, 15) is 4.79 Å². The number of hydrogen-bond donors (Lipinski definition) is 2. The standard InChI is InChI=1S/C14H21NO2S/c1-2-12-4-6-13(7-5-12)14(17)15-8-11-18-10-3-9-16/h4-7,16H,2-3,8-11H2,1H3,(H,15,17). The fourth-order valence-corrected chi connectivity index (χ4v) is 2.28. The molecule has 0 spiro atoms. The van der Waals surface area contributed by atoms with Crippen molar-refractivity contribution in [3.63, 3.8) is 0 Å². The highest BCUT2D eigenvalue weighted by atomic mass is 32.2. The summed E-state index contributed by atoms with van der Waals surface area (Å²) >= 11 is 1.75. The molecule has 1 aromatic carbocycles. The van der Waals surface area contributed by atoms with Gasteiger partial charge in [0.2, 0.25) is 0 Å². The molecule has 1 aromatic rings. The molecule has 1 rings (SSSR count). The normalized spacial score (nSPS) is 10.3. The highest BCUT2D eigenvalue weighted by molar-refractivity contribution is 7.99. The van der Waals surface area contributed by atoms with E-state index >= 15 is 0 Å². The molecular formula is C14H21NO2S. The van der Waals surface area contributed by atoms with Gasteiger partial charge in [0.1, 0.15) is 0 Å². The van der Waals surface area contributed by atoms with E-state index in [0.717, 1.165) is 24.3 Å². The van der Waals surface area contributed by atoms with Crippen molar-refractivity contribution < 1.29 is 9.90 Å². The maximum atomic E-state index is 11.8. The van der Waals surface area contributed by atoms with Gasteiger partial charge in [0.05, 0.1) is 0 Å². The Morgan fingerprint density at radius 1 is 1.28 bits per heavy atom. The summed E-state index contributed by atoms with van der Waals surface area (Å²) in [5.74, 6) is 1.82. The third-order valence-electron chi connectivity index (χ3n) is 2.60. The molecule has 0 aliphatic carbocycles. The SMILES string of the molecule is CCc1ccc(C(=O)NCCSCCCO)cc1. The smallest absolute Gasteiger partial charge is 0.251 e. The molecule has 0 bridgehead atoms. The van der Waals surface area contributed by atoms with Gasteiger partial charge in [-0.2, -0.15) is 11.8 Å². The number of amides is 1. The lowest BCUT2D eigenvalue weighted by atomic mass is 10.1. The fourth-order valence-electron chi connectivity index (χ4n) is 1.50. The van der Waals surface area contributed by atoms with Crippen LogP contribution in [0.3, 0.4) is 0 Å². The van der Waals surface area contributed by atoms with E-state index in [0.29, 0.717) is 12.1 Å². The number of benzene rings is 1. The van der Waals surface area contributed by atoms with Crippen molar-refractivity contribution in [3.8, 4) is 0 Å². The highest BCUT2D eigenvalue weighted by Crippen LogP contribution is 2.05. The van der Waals surface area contributed by atoms with Crippen LogP contribution in [0.4, 0.5) is 0 Å². The van der Waals surface area contributed by atoms with Crippen LogP contribution >= 0.6 is 11.8 Å². The van der Waals surface area contributed by atoms with E-state index in [-0.39, 0.29) is 12.5 Å². The minimum absolute atomic E-state index is 0.0135. The zero-order valence-electron chi connectivity index (χ0n) is 10.8. The molecule has 3 nitrogen and oxygen atoms in total. The third kappa shape index (κ3) is 5.56. The number of carbonyl (C=O) groups excluding carboxylic acids is 1. The van der Waals surface area contributed by atoms with E-state index in [2.05, 4.69) is 12.2 Å². The van der Waals surface area contributed by atoms with Gasteiger partial charge in [0.15, 0.2) is 0 Å². The quantitative estimate of drug-likeness (QED) is 0.709. The Morgan fingerprint density at radius 2 is 2.00 bits per heavy atom. The Labute approximate surface area is 113 Å². The second-order valence-electron chi connectivity index (χ2n) is 4.00. The summed E-state index contributed by atoms with van der Waals surface area (Å²) in [6, 6.07) is 7.72. The molecule has 4 heteroatoms. The van der Waals surface area contributed by atoms with Crippen LogP contribution < -0.4 is 5.32 Å². The van der Waals surface area contributed by atoms with E-state index < -0.39 is 0 Å². The van der Waals surface area contributed by atoms with Gasteiger partial charge in [-0.05, 0) is 36.3 Å². The molecule has 0 aliphatic heterocycles. The number of aliphatic hydroxyl groups is 1. The number of aliphatic hydroxyl groups excluding tert-OH is 1. The third-order valence-corrected chi connectivity index (χ3v) is 3.67. The number of hydrogen-bond acceptors (Lipinski definition) is 3. The molecule has 0 aliphatic rings. The van der Waals surface area contributed by atoms with Crippen molar-refractivity contribution in [2.45, 2.75) is 19.8 Å². The van der Waals surface area contributed by atoms with Crippen molar-refractivity contribution >= 4 is 17.7 Å². The highest BCUT2D eigenvalue weighted by Gasteiger charge is 2.03. The van der Waals surface area contributed by atoms with E-state index in [1.165, 1.54) is 5.56 Å². The van der Waals surface area contributed by atoms with Crippen LogP contribution in [0.5, 0.6) is 0 Å². The lowest BCUT2D eigenvalue weighted by Crippen LogP contribution is -2.25. The van der Waals surface area contributed by atoms with Crippen LogP contribution in [0.2, 0.25) is 0 Å². The molecule has 2 N–H and O–H groups in total. The van der Waals surface area contributed by atoms with Gasteiger partial charge in [0.25, 0.3) is 5.91 Å². The van der Waals surface area contributed by atoms with Crippen molar-refractivity contribution in [1.29, 1.82) is 0 Å². The van der Waals surface area contributed by atoms with Crippen LogP contribution in [0, 0.1) is 0 Å². The average molecular weight is 267 g/mol. The minimum atomic E-state index is -0.0135. The van der Waals surface area contributed by atoms with Gasteiger partial charge in [-0.3, -0.25) is 4.79 Å². The van der Waals surface area contributed by atoms with Crippen LogP contribution in [-0.2, 0) is 6.42 Å². The molecule has 1 amide bonds. The molecule has 0 aromatic heterocycles.